The fourth-order valence-electron chi connectivity index (χ4n) is 3.64. The summed E-state index contributed by atoms with van der Waals surface area (Å²) in [5, 5.41) is 4.22. The summed E-state index contributed by atoms with van der Waals surface area (Å²) in [7, 11) is 0. The number of halogens is 6. The number of benzene rings is 2. The average molecular weight is 471 g/mol. The number of pyridine rings is 1. The highest BCUT2D eigenvalue weighted by Gasteiger charge is 2.52. The standard InChI is InChI=1S/C21H16ClF5N4O/c22-12-6-11-2-1-3-16(18(11)29-9-12)30-13-4-5-15(24)14(7-13)20(10-23)8-17(21(25,26)27)32-19(28)31-20/h1-7,9,17,30H,8,10H2,(H2,28,31)/t17-,20+/m0/s1. The lowest BCUT2D eigenvalue weighted by molar-refractivity contribution is -0.209. The number of hydrogen-bond donors (Lipinski definition) is 2. The number of aromatic nitrogens is 1. The molecule has 0 amide bonds. The van der Waals surface area contributed by atoms with E-state index in [1.54, 1.807) is 24.3 Å². The van der Waals surface area contributed by atoms with Gasteiger partial charge in [-0.25, -0.2) is 13.8 Å². The minimum atomic E-state index is -4.83. The number of aliphatic imine (C=N–C) groups is 1. The van der Waals surface area contributed by atoms with Crippen molar-refractivity contribution in [3.05, 3.63) is 65.1 Å². The van der Waals surface area contributed by atoms with Gasteiger partial charge in [0.1, 0.15) is 18.0 Å². The van der Waals surface area contributed by atoms with Gasteiger partial charge in [0.15, 0.2) is 6.10 Å². The largest absolute Gasteiger partial charge is 0.452 e. The van der Waals surface area contributed by atoms with Gasteiger partial charge in [0, 0.05) is 29.3 Å². The highest BCUT2D eigenvalue weighted by molar-refractivity contribution is 6.31. The number of alkyl halides is 4. The number of ether oxygens (including phenoxy) is 1. The molecular weight excluding hydrogens is 455 g/mol. The number of anilines is 2. The highest BCUT2D eigenvalue weighted by Crippen LogP contribution is 2.42. The first-order valence-corrected chi connectivity index (χ1v) is 9.75. The van der Waals surface area contributed by atoms with Gasteiger partial charge in [0.05, 0.1) is 16.2 Å². The van der Waals surface area contributed by atoms with E-state index >= 15 is 0 Å². The molecule has 3 N–H and O–H groups in total. The van der Waals surface area contributed by atoms with Crippen LogP contribution in [0.2, 0.25) is 5.02 Å². The van der Waals surface area contributed by atoms with Gasteiger partial charge in [0.25, 0.3) is 6.02 Å². The zero-order chi connectivity index (χ0) is 23.1. The molecule has 3 aromatic rings. The van der Waals surface area contributed by atoms with Gasteiger partial charge >= 0.3 is 6.18 Å². The molecule has 0 fully saturated rings. The van der Waals surface area contributed by atoms with Crippen molar-refractivity contribution < 1.29 is 26.7 Å². The third kappa shape index (κ3) is 4.14. The number of nitrogens with one attached hydrogen (secondary N) is 1. The SMILES string of the molecule is NC1=N[C@](CF)(c2cc(Nc3cccc4cc(Cl)cnc34)ccc2F)C[C@@H](C(F)(F)F)O1. The monoisotopic (exact) mass is 470 g/mol. The molecule has 1 aromatic heterocycles. The molecule has 0 bridgehead atoms. The van der Waals surface area contributed by atoms with Crippen LogP contribution in [-0.2, 0) is 10.3 Å². The fourth-order valence-corrected chi connectivity index (χ4v) is 3.80. The second kappa shape index (κ2) is 8.09. The van der Waals surface area contributed by atoms with E-state index in [-0.39, 0.29) is 5.56 Å². The number of fused-ring (bicyclic) bond motifs is 1. The molecule has 0 saturated heterocycles. The normalized spacial score (nSPS) is 21.2. The Morgan fingerprint density at radius 2 is 2.00 bits per heavy atom. The number of para-hydroxylation sites is 1. The maximum Gasteiger partial charge on any atom is 0.425 e. The number of nitrogens with zero attached hydrogens (tertiary/aromatic N) is 2. The Balaban J connectivity index is 1.75. The van der Waals surface area contributed by atoms with Crippen molar-refractivity contribution in [2.24, 2.45) is 10.7 Å². The van der Waals surface area contributed by atoms with Crippen LogP contribution in [0, 0.1) is 5.82 Å². The summed E-state index contributed by atoms with van der Waals surface area (Å²) in [6.07, 6.45) is -6.75. The molecule has 0 saturated carbocycles. The first-order chi connectivity index (χ1) is 15.1. The minimum Gasteiger partial charge on any atom is -0.452 e. The van der Waals surface area contributed by atoms with E-state index in [0.29, 0.717) is 21.9 Å². The van der Waals surface area contributed by atoms with E-state index in [4.69, 9.17) is 17.3 Å². The Morgan fingerprint density at radius 3 is 2.72 bits per heavy atom. The summed E-state index contributed by atoms with van der Waals surface area (Å²) < 4.78 is 73.2. The van der Waals surface area contributed by atoms with Crippen LogP contribution >= 0.6 is 11.6 Å². The quantitative estimate of drug-likeness (QED) is 0.487. The molecule has 2 atom stereocenters. The lowest BCUT2D eigenvalue weighted by atomic mass is 9.84. The Morgan fingerprint density at radius 1 is 1.22 bits per heavy atom. The summed E-state index contributed by atoms with van der Waals surface area (Å²) in [6, 6.07) is 9.70. The van der Waals surface area contributed by atoms with Crippen molar-refractivity contribution in [2.45, 2.75) is 24.2 Å². The zero-order valence-corrected chi connectivity index (χ0v) is 17.0. The van der Waals surface area contributed by atoms with Crippen molar-refractivity contribution in [3.63, 3.8) is 0 Å². The lowest BCUT2D eigenvalue weighted by Gasteiger charge is -2.36. The summed E-state index contributed by atoms with van der Waals surface area (Å²) in [5.74, 6) is -0.921. The van der Waals surface area contributed by atoms with Gasteiger partial charge < -0.3 is 15.8 Å². The topological polar surface area (TPSA) is 72.5 Å². The van der Waals surface area contributed by atoms with Gasteiger partial charge in [0.2, 0.25) is 0 Å². The van der Waals surface area contributed by atoms with Crippen LogP contribution in [0.25, 0.3) is 10.9 Å². The molecule has 0 aliphatic carbocycles. The van der Waals surface area contributed by atoms with Crippen LogP contribution in [0.3, 0.4) is 0 Å². The first kappa shape index (κ1) is 22.1. The van der Waals surface area contributed by atoms with E-state index in [2.05, 4.69) is 20.0 Å². The number of hydrogen-bond acceptors (Lipinski definition) is 5. The Labute approximate surface area is 184 Å². The number of amidine groups is 1. The van der Waals surface area contributed by atoms with E-state index in [1.165, 1.54) is 18.3 Å². The first-order valence-electron chi connectivity index (χ1n) is 9.37. The molecule has 4 rings (SSSR count). The average Bonchev–Trinajstić information content (AvgIpc) is 2.74. The van der Waals surface area contributed by atoms with Crippen molar-refractivity contribution in [2.75, 3.05) is 12.0 Å². The minimum absolute atomic E-state index is 0.294. The molecule has 2 heterocycles. The lowest BCUT2D eigenvalue weighted by Crippen LogP contribution is -2.48. The van der Waals surface area contributed by atoms with Gasteiger partial charge in [-0.05, 0) is 30.3 Å². The van der Waals surface area contributed by atoms with Crippen LogP contribution in [-0.4, -0.2) is 30.0 Å². The number of rotatable bonds is 4. The summed E-state index contributed by atoms with van der Waals surface area (Å²) in [4.78, 5) is 8.01. The van der Waals surface area contributed by atoms with Crippen LogP contribution in [0.4, 0.5) is 33.3 Å². The molecule has 0 unspecified atom stereocenters. The van der Waals surface area contributed by atoms with Crippen LogP contribution < -0.4 is 11.1 Å². The van der Waals surface area contributed by atoms with Gasteiger partial charge in [-0.15, -0.1) is 0 Å². The van der Waals surface area contributed by atoms with Gasteiger partial charge in [-0.2, -0.15) is 13.2 Å². The molecule has 168 valence electrons. The molecule has 5 nitrogen and oxygen atoms in total. The molecule has 32 heavy (non-hydrogen) atoms. The summed E-state index contributed by atoms with van der Waals surface area (Å²) >= 11 is 5.97. The number of nitrogens with two attached hydrogens (primary N) is 1. The molecule has 1 aliphatic rings. The molecule has 0 spiro atoms. The predicted octanol–water partition coefficient (Wildman–Crippen LogP) is 5.60. The maximum absolute atomic E-state index is 14.7. The van der Waals surface area contributed by atoms with Crippen molar-refractivity contribution in [1.82, 2.24) is 4.98 Å². The smallest absolute Gasteiger partial charge is 0.425 e. The Bertz CT molecular complexity index is 1200. The van der Waals surface area contributed by atoms with Crippen molar-refractivity contribution in [1.29, 1.82) is 0 Å². The Hall–Kier alpha value is -3.14. The van der Waals surface area contributed by atoms with Crippen molar-refractivity contribution in [3.8, 4) is 0 Å². The predicted molar refractivity (Wildman–Crippen MR) is 111 cm³/mol. The van der Waals surface area contributed by atoms with E-state index in [1.807, 2.05) is 0 Å². The summed E-state index contributed by atoms with van der Waals surface area (Å²) in [5.41, 5.74) is 4.23. The third-order valence-corrected chi connectivity index (χ3v) is 5.33. The van der Waals surface area contributed by atoms with Crippen LogP contribution in [0.1, 0.15) is 12.0 Å². The fraction of sp³-hybridized carbons (Fsp3) is 0.238. The Kier molecular flexibility index (Phi) is 5.58. The van der Waals surface area contributed by atoms with Gasteiger partial charge in [-0.3, -0.25) is 4.98 Å². The van der Waals surface area contributed by atoms with E-state index in [0.717, 1.165) is 11.5 Å². The van der Waals surface area contributed by atoms with Crippen LogP contribution in [0.5, 0.6) is 0 Å². The molecule has 1 aliphatic heterocycles. The van der Waals surface area contributed by atoms with Crippen LogP contribution in [0.15, 0.2) is 53.7 Å². The second-order valence-electron chi connectivity index (χ2n) is 7.32. The van der Waals surface area contributed by atoms with Crippen molar-refractivity contribution >= 4 is 39.9 Å². The molecule has 2 aromatic carbocycles. The van der Waals surface area contributed by atoms with E-state index < -0.39 is 42.8 Å². The highest BCUT2D eigenvalue weighted by atomic mass is 35.5. The van der Waals surface area contributed by atoms with Gasteiger partial charge in [-0.1, -0.05) is 23.7 Å². The van der Waals surface area contributed by atoms with E-state index in [9.17, 15) is 22.0 Å². The zero-order valence-electron chi connectivity index (χ0n) is 16.3. The molecule has 0 radical (unpaired) electrons. The second-order valence-corrected chi connectivity index (χ2v) is 7.75. The molecule has 11 heteroatoms. The maximum atomic E-state index is 14.7. The summed E-state index contributed by atoms with van der Waals surface area (Å²) in [6.45, 7) is -1.40. The molecular formula is C21H16ClF5N4O. The third-order valence-electron chi connectivity index (χ3n) is 5.12.